The minimum Gasteiger partial charge on any atom is -0.378 e. The predicted octanol–water partition coefficient (Wildman–Crippen LogP) is 3.49. The Hall–Kier alpha value is -1.83. The van der Waals surface area contributed by atoms with Crippen LogP contribution in [0, 0.1) is 0 Å². The highest BCUT2D eigenvalue weighted by Crippen LogP contribution is 2.25. The molecule has 0 radical (unpaired) electrons. The van der Waals surface area contributed by atoms with E-state index in [-0.39, 0.29) is 5.91 Å². The van der Waals surface area contributed by atoms with Crippen LogP contribution in [0.1, 0.15) is 28.8 Å². The van der Waals surface area contributed by atoms with Gasteiger partial charge in [-0.25, -0.2) is 9.97 Å². The fourth-order valence-corrected chi connectivity index (χ4v) is 4.44. The molecule has 0 unspecified atom stereocenters. The van der Waals surface area contributed by atoms with E-state index in [0.29, 0.717) is 23.5 Å². The van der Waals surface area contributed by atoms with Crippen LogP contribution in [-0.4, -0.2) is 60.2 Å². The van der Waals surface area contributed by atoms with Crippen molar-refractivity contribution >= 4 is 35.1 Å². The lowest BCUT2D eigenvalue weighted by molar-refractivity contribution is 0.0793. The van der Waals surface area contributed by atoms with Gasteiger partial charge in [-0.3, -0.25) is 4.79 Å². The lowest BCUT2D eigenvalue weighted by atomic mass is 10.1. The molecule has 6 nitrogen and oxygen atoms in total. The number of hydrogen-bond acceptors (Lipinski definition) is 6. The van der Waals surface area contributed by atoms with Crippen LogP contribution in [0.4, 0.5) is 5.82 Å². The molecule has 0 atom stereocenters. The fraction of sp³-hybridized carbons (Fsp3) is 0.450. The van der Waals surface area contributed by atoms with Crippen molar-refractivity contribution < 1.29 is 9.53 Å². The maximum Gasteiger partial charge on any atom is 0.253 e. The SMILES string of the molecule is O=C(c1ccc(CSc2nc(Cl)cc(N3CCOCC3)n2)cc1)N1CCCC1. The Morgan fingerprint density at radius 2 is 1.79 bits per heavy atom. The smallest absolute Gasteiger partial charge is 0.253 e. The second-order valence-electron chi connectivity index (χ2n) is 6.92. The third kappa shape index (κ3) is 4.77. The first kappa shape index (κ1) is 19.5. The molecule has 4 rings (SSSR count). The van der Waals surface area contributed by atoms with Crippen molar-refractivity contribution in [3.05, 3.63) is 46.6 Å². The van der Waals surface area contributed by atoms with Crippen LogP contribution in [0.3, 0.4) is 0 Å². The molecule has 0 saturated carbocycles. The Balaban J connectivity index is 1.38. The summed E-state index contributed by atoms with van der Waals surface area (Å²) in [5.74, 6) is 1.70. The van der Waals surface area contributed by atoms with Gasteiger partial charge in [0, 0.05) is 43.6 Å². The Labute approximate surface area is 174 Å². The standard InChI is InChI=1S/C20H23ClN4O2S/c21-17-13-18(24-9-11-27-12-10-24)23-20(22-17)28-14-15-3-5-16(6-4-15)19(26)25-7-1-2-8-25/h3-6,13H,1-2,7-12,14H2. The van der Waals surface area contributed by atoms with E-state index in [0.717, 1.165) is 61.7 Å². The number of aromatic nitrogens is 2. The monoisotopic (exact) mass is 418 g/mol. The van der Waals surface area contributed by atoms with E-state index in [2.05, 4.69) is 14.9 Å². The summed E-state index contributed by atoms with van der Waals surface area (Å²) in [5, 5.41) is 1.11. The van der Waals surface area contributed by atoms with Crippen LogP contribution in [0.2, 0.25) is 5.15 Å². The van der Waals surface area contributed by atoms with Crippen LogP contribution in [0.25, 0.3) is 0 Å². The summed E-state index contributed by atoms with van der Waals surface area (Å²) < 4.78 is 5.40. The highest BCUT2D eigenvalue weighted by Gasteiger charge is 2.19. The average molecular weight is 419 g/mol. The summed E-state index contributed by atoms with van der Waals surface area (Å²) in [4.78, 5) is 25.5. The molecule has 1 aromatic heterocycles. The third-order valence-electron chi connectivity index (χ3n) is 4.96. The van der Waals surface area contributed by atoms with Crippen molar-refractivity contribution in [3.63, 3.8) is 0 Å². The van der Waals surface area contributed by atoms with E-state index in [1.807, 2.05) is 29.2 Å². The molecule has 2 fully saturated rings. The number of amides is 1. The Morgan fingerprint density at radius 1 is 1.07 bits per heavy atom. The number of nitrogens with zero attached hydrogens (tertiary/aromatic N) is 4. The van der Waals surface area contributed by atoms with Crippen LogP contribution in [0.15, 0.2) is 35.5 Å². The van der Waals surface area contributed by atoms with Crippen molar-refractivity contribution in [3.8, 4) is 0 Å². The van der Waals surface area contributed by atoms with E-state index in [4.69, 9.17) is 16.3 Å². The minimum atomic E-state index is 0.130. The summed E-state index contributed by atoms with van der Waals surface area (Å²) in [5.41, 5.74) is 1.88. The van der Waals surface area contributed by atoms with Gasteiger partial charge in [-0.05, 0) is 30.5 Å². The molecule has 0 aliphatic carbocycles. The molecule has 8 heteroatoms. The van der Waals surface area contributed by atoms with Crippen molar-refractivity contribution in [2.24, 2.45) is 0 Å². The van der Waals surface area contributed by atoms with Crippen LogP contribution >= 0.6 is 23.4 Å². The lowest BCUT2D eigenvalue weighted by Crippen LogP contribution is -2.36. The van der Waals surface area contributed by atoms with Gasteiger partial charge < -0.3 is 14.5 Å². The maximum absolute atomic E-state index is 12.4. The van der Waals surface area contributed by atoms with E-state index in [1.54, 1.807) is 17.8 Å². The summed E-state index contributed by atoms with van der Waals surface area (Å²) in [7, 11) is 0. The molecule has 148 valence electrons. The number of carbonyl (C=O) groups excluding carboxylic acids is 1. The molecule has 2 aliphatic heterocycles. The highest BCUT2D eigenvalue weighted by atomic mass is 35.5. The highest BCUT2D eigenvalue weighted by molar-refractivity contribution is 7.98. The number of morpholine rings is 1. The van der Waals surface area contributed by atoms with Gasteiger partial charge >= 0.3 is 0 Å². The summed E-state index contributed by atoms with van der Waals surface area (Å²) >= 11 is 7.75. The number of carbonyl (C=O) groups is 1. The largest absolute Gasteiger partial charge is 0.378 e. The topological polar surface area (TPSA) is 58.6 Å². The van der Waals surface area contributed by atoms with E-state index < -0.39 is 0 Å². The number of rotatable bonds is 5. The average Bonchev–Trinajstić information content (AvgIpc) is 3.27. The van der Waals surface area contributed by atoms with Crippen molar-refractivity contribution in [2.45, 2.75) is 23.8 Å². The molecule has 0 bridgehead atoms. The van der Waals surface area contributed by atoms with Crippen molar-refractivity contribution in [1.29, 1.82) is 0 Å². The minimum absolute atomic E-state index is 0.130. The van der Waals surface area contributed by atoms with Crippen molar-refractivity contribution in [1.82, 2.24) is 14.9 Å². The van der Waals surface area contributed by atoms with Gasteiger partial charge in [0.2, 0.25) is 0 Å². The Kier molecular flexibility index (Phi) is 6.34. The Morgan fingerprint density at radius 3 is 2.50 bits per heavy atom. The zero-order valence-corrected chi connectivity index (χ0v) is 17.2. The molecule has 2 saturated heterocycles. The summed E-state index contributed by atoms with van der Waals surface area (Å²) in [6.45, 7) is 4.76. The second-order valence-corrected chi connectivity index (χ2v) is 8.25. The van der Waals surface area contributed by atoms with E-state index in [1.165, 1.54) is 0 Å². The van der Waals surface area contributed by atoms with Gasteiger partial charge in [0.1, 0.15) is 11.0 Å². The van der Waals surface area contributed by atoms with Crippen LogP contribution < -0.4 is 4.90 Å². The van der Waals surface area contributed by atoms with Crippen molar-refractivity contribution in [2.75, 3.05) is 44.3 Å². The zero-order valence-electron chi connectivity index (χ0n) is 15.6. The van der Waals surface area contributed by atoms with Gasteiger partial charge in [-0.2, -0.15) is 0 Å². The molecule has 2 aromatic rings. The molecule has 1 aromatic carbocycles. The van der Waals surface area contributed by atoms with Gasteiger partial charge in [0.25, 0.3) is 5.91 Å². The molecule has 3 heterocycles. The number of thioether (sulfide) groups is 1. The zero-order chi connectivity index (χ0) is 19.3. The number of anilines is 1. The summed E-state index contributed by atoms with van der Waals surface area (Å²) in [6.07, 6.45) is 2.21. The maximum atomic E-state index is 12.4. The number of halogens is 1. The lowest BCUT2D eigenvalue weighted by Gasteiger charge is -2.27. The Bertz CT molecular complexity index is 821. The molecule has 2 aliphatic rings. The first-order chi connectivity index (χ1) is 13.7. The second kappa shape index (κ2) is 9.11. The normalized spacial score (nSPS) is 17.2. The van der Waals surface area contributed by atoms with E-state index >= 15 is 0 Å². The molecule has 1 amide bonds. The molecule has 0 spiro atoms. The molecular formula is C20H23ClN4O2S. The van der Waals surface area contributed by atoms with Gasteiger partial charge in [-0.15, -0.1) is 0 Å². The van der Waals surface area contributed by atoms with Crippen LogP contribution in [0.5, 0.6) is 0 Å². The number of hydrogen-bond donors (Lipinski definition) is 0. The van der Waals surface area contributed by atoms with Gasteiger partial charge in [0.05, 0.1) is 13.2 Å². The number of benzene rings is 1. The molecular weight excluding hydrogens is 396 g/mol. The molecule has 0 N–H and O–H groups in total. The summed E-state index contributed by atoms with van der Waals surface area (Å²) in [6, 6.07) is 9.63. The molecule has 28 heavy (non-hydrogen) atoms. The quantitative estimate of drug-likeness (QED) is 0.421. The predicted molar refractivity (Wildman–Crippen MR) is 111 cm³/mol. The third-order valence-corrected chi connectivity index (χ3v) is 6.07. The van der Waals surface area contributed by atoms with Crippen LogP contribution in [-0.2, 0) is 10.5 Å². The van der Waals surface area contributed by atoms with E-state index in [9.17, 15) is 4.79 Å². The first-order valence-corrected chi connectivity index (χ1v) is 10.9. The van der Waals surface area contributed by atoms with Gasteiger partial charge in [0.15, 0.2) is 5.16 Å². The number of ether oxygens (including phenoxy) is 1. The fourth-order valence-electron chi connectivity index (χ4n) is 3.40. The van der Waals surface area contributed by atoms with Gasteiger partial charge in [-0.1, -0.05) is 35.5 Å². The number of likely N-dealkylation sites (tertiary alicyclic amines) is 1. The first-order valence-electron chi connectivity index (χ1n) is 9.57.